The van der Waals surface area contributed by atoms with Gasteiger partial charge in [-0.1, -0.05) is 172 Å². The molecule has 0 N–H and O–H groups in total. The fourth-order valence-corrected chi connectivity index (χ4v) is 11.3. The van der Waals surface area contributed by atoms with Crippen molar-refractivity contribution >= 4 is 74.6 Å². The van der Waals surface area contributed by atoms with Crippen molar-refractivity contribution in [2.45, 2.75) is 19.3 Å². The summed E-state index contributed by atoms with van der Waals surface area (Å²) in [6, 6.07) is 68.2. The van der Waals surface area contributed by atoms with Gasteiger partial charge in [-0.25, -0.2) is 0 Å². The molecule has 0 radical (unpaired) electrons. The molecule has 10 aromatic carbocycles. The topological polar surface area (TPSA) is 0 Å². The molecule has 0 nitrogen and oxygen atoms in total. The van der Waals surface area contributed by atoms with E-state index in [0.29, 0.717) is 0 Å². The number of fused-ring (bicyclic) bond motifs is 12. The first kappa shape index (κ1) is 31.8. The minimum absolute atomic E-state index is 0.150. The number of rotatable bonds is 3. The Kier molecular flexibility index (Phi) is 6.66. The van der Waals surface area contributed by atoms with Gasteiger partial charge in [0.2, 0.25) is 0 Å². The third-order valence-electron chi connectivity index (χ3n) is 12.6. The molecule has 0 fully saturated rings. The van der Waals surface area contributed by atoms with Crippen molar-refractivity contribution in [3.63, 3.8) is 0 Å². The summed E-state index contributed by atoms with van der Waals surface area (Å²) in [6.45, 7) is 4.85. The van der Waals surface area contributed by atoms with Crippen LogP contribution in [0.15, 0.2) is 182 Å². The van der Waals surface area contributed by atoms with Crippen LogP contribution >= 0.6 is 11.3 Å². The van der Waals surface area contributed by atoms with Gasteiger partial charge in [-0.15, -0.1) is 11.3 Å². The van der Waals surface area contributed by atoms with E-state index in [2.05, 4.69) is 196 Å². The van der Waals surface area contributed by atoms with Crippen LogP contribution in [0.25, 0.3) is 108 Å². The van der Waals surface area contributed by atoms with Gasteiger partial charge in [-0.3, -0.25) is 0 Å². The minimum atomic E-state index is -0.150. The normalized spacial score (nSPS) is 13.3. The van der Waals surface area contributed by atoms with Gasteiger partial charge < -0.3 is 0 Å². The molecule has 1 heterocycles. The fraction of sp³-hybridized carbons (Fsp3) is 0.0545. The van der Waals surface area contributed by atoms with Crippen LogP contribution in [-0.2, 0) is 5.41 Å². The molecule has 11 aromatic rings. The number of benzene rings is 10. The average molecular weight is 729 g/mol. The van der Waals surface area contributed by atoms with E-state index in [1.165, 1.54) is 119 Å². The van der Waals surface area contributed by atoms with Crippen LogP contribution < -0.4 is 0 Å². The van der Waals surface area contributed by atoms with E-state index in [9.17, 15) is 0 Å². The van der Waals surface area contributed by atoms with Crippen LogP contribution in [0.1, 0.15) is 25.0 Å². The van der Waals surface area contributed by atoms with Gasteiger partial charge in [0, 0.05) is 25.6 Å². The number of thiophene rings is 1. The Morgan fingerprint density at radius 3 is 1.70 bits per heavy atom. The summed E-state index contributed by atoms with van der Waals surface area (Å²) < 4.78 is 2.71. The highest BCUT2D eigenvalue weighted by atomic mass is 32.1. The van der Waals surface area contributed by atoms with E-state index in [1.54, 1.807) is 0 Å². The van der Waals surface area contributed by atoms with E-state index < -0.39 is 0 Å². The van der Waals surface area contributed by atoms with Crippen molar-refractivity contribution < 1.29 is 0 Å². The van der Waals surface area contributed by atoms with Crippen LogP contribution in [0.2, 0.25) is 0 Å². The molecule has 56 heavy (non-hydrogen) atoms. The van der Waals surface area contributed by atoms with Gasteiger partial charge in [-0.05, 0) is 123 Å². The molecule has 1 aliphatic rings. The molecule has 262 valence electrons. The molecule has 0 saturated carbocycles. The van der Waals surface area contributed by atoms with E-state index in [-0.39, 0.29) is 5.41 Å². The second-order valence-corrected chi connectivity index (χ2v) is 17.0. The smallest absolute Gasteiger partial charge is 0.0361 e. The molecule has 1 aromatic heterocycles. The van der Waals surface area contributed by atoms with Gasteiger partial charge in [0.05, 0.1) is 0 Å². The Morgan fingerprint density at radius 1 is 0.357 bits per heavy atom. The zero-order chi connectivity index (χ0) is 37.1. The van der Waals surface area contributed by atoms with Gasteiger partial charge in [0.1, 0.15) is 0 Å². The van der Waals surface area contributed by atoms with Crippen LogP contribution in [0, 0.1) is 0 Å². The lowest BCUT2D eigenvalue weighted by Crippen LogP contribution is -2.15. The third kappa shape index (κ3) is 4.41. The quantitative estimate of drug-likeness (QED) is 0.159. The maximum absolute atomic E-state index is 2.50. The summed E-state index contributed by atoms with van der Waals surface area (Å²) in [5.41, 5.74) is 13.0. The van der Waals surface area contributed by atoms with Crippen molar-refractivity contribution in [3.05, 3.63) is 193 Å². The fourth-order valence-electron chi connectivity index (χ4n) is 10.2. The Hall–Kier alpha value is -6.54. The maximum atomic E-state index is 2.50. The van der Waals surface area contributed by atoms with Crippen molar-refractivity contribution in [2.24, 2.45) is 0 Å². The molecule has 0 unspecified atom stereocenters. The van der Waals surface area contributed by atoms with E-state index in [4.69, 9.17) is 0 Å². The zero-order valence-corrected chi connectivity index (χ0v) is 32.0. The predicted octanol–water partition coefficient (Wildman–Crippen LogP) is 16.0. The van der Waals surface area contributed by atoms with Gasteiger partial charge in [0.15, 0.2) is 0 Å². The van der Waals surface area contributed by atoms with Gasteiger partial charge >= 0.3 is 0 Å². The molecular formula is C55H36S. The van der Waals surface area contributed by atoms with Crippen molar-refractivity contribution in [2.75, 3.05) is 0 Å². The molecule has 1 heteroatoms. The lowest BCUT2D eigenvalue weighted by atomic mass is 9.79. The Balaban J connectivity index is 1.09. The summed E-state index contributed by atoms with van der Waals surface area (Å²) in [4.78, 5) is 0. The Labute approximate surface area is 329 Å². The maximum Gasteiger partial charge on any atom is 0.0361 e. The van der Waals surface area contributed by atoms with Crippen LogP contribution in [0.5, 0.6) is 0 Å². The SMILES string of the molecule is CC1(C)c2ccc(-c3c4ccccc4c(-c4cccc(-c5cccc6ccccc56)c4)c4ccccc34)cc2-c2ccc3ccc4sc5ccccc5c4c3c21. The first-order valence-electron chi connectivity index (χ1n) is 19.6. The zero-order valence-electron chi connectivity index (χ0n) is 31.2. The second kappa shape index (κ2) is 11.7. The molecule has 0 bridgehead atoms. The van der Waals surface area contributed by atoms with Crippen LogP contribution in [0.3, 0.4) is 0 Å². The van der Waals surface area contributed by atoms with Gasteiger partial charge in [0.25, 0.3) is 0 Å². The summed E-state index contributed by atoms with van der Waals surface area (Å²) in [7, 11) is 0. The van der Waals surface area contributed by atoms with Gasteiger partial charge in [-0.2, -0.15) is 0 Å². The highest BCUT2D eigenvalue weighted by molar-refractivity contribution is 7.26. The Bertz CT molecular complexity index is 3390. The summed E-state index contributed by atoms with van der Waals surface area (Å²) >= 11 is 1.91. The molecule has 0 amide bonds. The highest BCUT2D eigenvalue weighted by Gasteiger charge is 2.38. The molecule has 0 saturated heterocycles. The first-order chi connectivity index (χ1) is 27.5. The second-order valence-electron chi connectivity index (χ2n) is 16.0. The van der Waals surface area contributed by atoms with Crippen molar-refractivity contribution in [3.8, 4) is 44.5 Å². The summed E-state index contributed by atoms with van der Waals surface area (Å²) in [6.07, 6.45) is 0. The standard InChI is InChI=1S/C55H36S/c1-55(2)47-29-26-37(32-46(47)44-28-25-34-27-30-49-53(52(34)54(44)55)45-22-9-10-24-48(45)56-49)51-42-20-7-5-18-40(42)50(41-19-6-8-21-43(41)51)36-16-11-15-35(31-36)39-23-12-14-33-13-3-4-17-38(33)39/h3-32H,1-2H3. The molecule has 1 aliphatic carbocycles. The molecule has 0 spiro atoms. The van der Waals surface area contributed by atoms with Crippen molar-refractivity contribution in [1.29, 1.82) is 0 Å². The summed E-state index contributed by atoms with van der Waals surface area (Å²) in [5, 5.41) is 13.1. The third-order valence-corrected chi connectivity index (χ3v) is 13.7. The van der Waals surface area contributed by atoms with Crippen LogP contribution in [-0.4, -0.2) is 0 Å². The highest BCUT2D eigenvalue weighted by Crippen LogP contribution is 2.55. The molecular weight excluding hydrogens is 693 g/mol. The summed E-state index contributed by atoms with van der Waals surface area (Å²) in [5.74, 6) is 0. The lowest BCUT2D eigenvalue weighted by molar-refractivity contribution is 0.667. The Morgan fingerprint density at radius 2 is 0.946 bits per heavy atom. The average Bonchev–Trinajstić information content (AvgIpc) is 3.74. The number of hydrogen-bond donors (Lipinski definition) is 0. The van der Waals surface area contributed by atoms with E-state index in [1.807, 2.05) is 11.3 Å². The largest absolute Gasteiger partial charge is 0.135 e. The lowest BCUT2D eigenvalue weighted by Gasteiger charge is -2.24. The monoisotopic (exact) mass is 728 g/mol. The van der Waals surface area contributed by atoms with E-state index in [0.717, 1.165) is 0 Å². The van der Waals surface area contributed by atoms with Crippen LogP contribution in [0.4, 0.5) is 0 Å². The minimum Gasteiger partial charge on any atom is -0.135 e. The van der Waals surface area contributed by atoms with E-state index >= 15 is 0 Å². The first-order valence-corrected chi connectivity index (χ1v) is 20.4. The van der Waals surface area contributed by atoms with Crippen molar-refractivity contribution in [1.82, 2.24) is 0 Å². The number of hydrogen-bond acceptors (Lipinski definition) is 1. The molecule has 0 aliphatic heterocycles. The molecule has 0 atom stereocenters. The predicted molar refractivity (Wildman–Crippen MR) is 243 cm³/mol. The molecule has 12 rings (SSSR count).